The van der Waals surface area contributed by atoms with Gasteiger partial charge < -0.3 is 10.0 Å². The highest BCUT2D eigenvalue weighted by Gasteiger charge is 2.26. The molecule has 1 fully saturated rings. The molecule has 0 bridgehead atoms. The second-order valence-electron chi connectivity index (χ2n) is 3.71. The normalized spacial score (nSPS) is 14.9. The number of nitrogens with one attached hydrogen (secondary N) is 1. The number of benzene rings is 1. The maximum atomic E-state index is 11.3. The van der Waals surface area contributed by atoms with Crippen molar-refractivity contribution in [1.82, 2.24) is 10.2 Å². The van der Waals surface area contributed by atoms with E-state index >= 15 is 0 Å². The lowest BCUT2D eigenvalue weighted by atomic mass is 10.1. The van der Waals surface area contributed by atoms with E-state index in [4.69, 9.17) is 5.11 Å². The highest BCUT2D eigenvalue weighted by molar-refractivity contribution is 6.01. The zero-order valence-electron chi connectivity index (χ0n) is 8.84. The van der Waals surface area contributed by atoms with Crippen LogP contribution in [-0.2, 0) is 11.3 Å². The van der Waals surface area contributed by atoms with Gasteiger partial charge in [-0.2, -0.15) is 0 Å². The van der Waals surface area contributed by atoms with E-state index in [0.717, 1.165) is 5.56 Å². The fraction of sp³-hybridized carbons (Fsp3) is 0.182. The Balaban J connectivity index is 2.07. The molecule has 0 unspecified atom stereocenters. The average molecular weight is 234 g/mol. The molecule has 1 aliphatic heterocycles. The molecule has 1 aromatic carbocycles. The van der Waals surface area contributed by atoms with Crippen LogP contribution in [0.15, 0.2) is 24.3 Å². The number of carbonyl (C=O) groups excluding carboxylic acids is 2. The van der Waals surface area contributed by atoms with Crippen molar-refractivity contribution in [3.05, 3.63) is 35.4 Å². The van der Waals surface area contributed by atoms with Gasteiger partial charge in [-0.15, -0.1) is 0 Å². The molecule has 1 aliphatic rings. The lowest BCUT2D eigenvalue weighted by Gasteiger charge is -2.12. The number of aromatic carboxylic acids is 1. The fourth-order valence-electron chi connectivity index (χ4n) is 1.58. The summed E-state index contributed by atoms with van der Waals surface area (Å²) in [5.41, 5.74) is 0.968. The molecule has 3 amide bonds. The maximum absolute atomic E-state index is 11.3. The summed E-state index contributed by atoms with van der Waals surface area (Å²) >= 11 is 0. The van der Waals surface area contributed by atoms with Gasteiger partial charge in [0, 0.05) is 6.54 Å². The van der Waals surface area contributed by atoms with Gasteiger partial charge in [-0.25, -0.2) is 9.59 Å². The van der Waals surface area contributed by atoms with E-state index in [-0.39, 0.29) is 24.6 Å². The minimum absolute atomic E-state index is 0.0412. The Kier molecular flexibility index (Phi) is 2.78. The van der Waals surface area contributed by atoms with Crippen molar-refractivity contribution in [1.29, 1.82) is 0 Å². The van der Waals surface area contributed by atoms with Crippen LogP contribution in [0.5, 0.6) is 0 Å². The Hall–Kier alpha value is -2.37. The second-order valence-corrected chi connectivity index (χ2v) is 3.71. The predicted octanol–water partition coefficient (Wildman–Crippen LogP) is 0.437. The second kappa shape index (κ2) is 4.25. The number of hydrogen-bond donors (Lipinski definition) is 2. The Morgan fingerprint density at radius 3 is 2.41 bits per heavy atom. The minimum Gasteiger partial charge on any atom is -0.478 e. The highest BCUT2D eigenvalue weighted by Crippen LogP contribution is 2.09. The van der Waals surface area contributed by atoms with Crippen LogP contribution in [0.1, 0.15) is 15.9 Å². The third kappa shape index (κ3) is 2.41. The number of carboxylic acids is 1. The van der Waals surface area contributed by atoms with Crippen LogP contribution < -0.4 is 5.32 Å². The standard InChI is InChI=1S/C11H10N2O4/c14-9-6-13(11(17)12-9)5-7-1-3-8(4-2-7)10(15)16/h1-4H,5-6H2,(H,15,16)(H,12,14,17). The topological polar surface area (TPSA) is 86.7 Å². The molecule has 2 N–H and O–H groups in total. The number of nitrogens with zero attached hydrogens (tertiary/aromatic N) is 1. The quantitative estimate of drug-likeness (QED) is 0.743. The molecule has 17 heavy (non-hydrogen) atoms. The van der Waals surface area contributed by atoms with Crippen molar-refractivity contribution in [3.63, 3.8) is 0 Å². The molecule has 0 aliphatic carbocycles. The minimum atomic E-state index is -0.995. The summed E-state index contributed by atoms with van der Waals surface area (Å²) in [6.07, 6.45) is 0. The Morgan fingerprint density at radius 2 is 1.94 bits per heavy atom. The van der Waals surface area contributed by atoms with Gasteiger partial charge in [0.15, 0.2) is 0 Å². The average Bonchev–Trinajstić information content (AvgIpc) is 2.58. The van der Waals surface area contributed by atoms with Crippen LogP contribution in [0.2, 0.25) is 0 Å². The number of rotatable bonds is 3. The van der Waals surface area contributed by atoms with E-state index < -0.39 is 12.0 Å². The van der Waals surface area contributed by atoms with Crippen LogP contribution in [-0.4, -0.2) is 34.5 Å². The van der Waals surface area contributed by atoms with Crippen molar-refractivity contribution >= 4 is 17.9 Å². The van der Waals surface area contributed by atoms with E-state index in [1.807, 2.05) is 0 Å². The highest BCUT2D eigenvalue weighted by atomic mass is 16.4. The van der Waals surface area contributed by atoms with E-state index in [0.29, 0.717) is 0 Å². The van der Waals surface area contributed by atoms with Gasteiger partial charge in [0.25, 0.3) is 0 Å². The van der Waals surface area contributed by atoms with Crippen molar-refractivity contribution in [2.24, 2.45) is 0 Å². The summed E-state index contributed by atoms with van der Waals surface area (Å²) in [6, 6.07) is 5.76. The van der Waals surface area contributed by atoms with Gasteiger partial charge in [0.2, 0.25) is 5.91 Å². The monoisotopic (exact) mass is 234 g/mol. The molecule has 6 nitrogen and oxygen atoms in total. The third-order valence-electron chi connectivity index (χ3n) is 2.44. The molecule has 0 saturated carbocycles. The van der Waals surface area contributed by atoms with E-state index in [1.165, 1.54) is 17.0 Å². The molecule has 0 radical (unpaired) electrons. The zero-order valence-corrected chi connectivity index (χ0v) is 8.84. The lowest BCUT2D eigenvalue weighted by Crippen LogP contribution is -2.27. The van der Waals surface area contributed by atoms with Crippen molar-refractivity contribution in [2.45, 2.75) is 6.54 Å². The van der Waals surface area contributed by atoms with Crippen LogP contribution in [0.4, 0.5) is 4.79 Å². The number of urea groups is 1. The molecule has 1 heterocycles. The summed E-state index contributed by atoms with van der Waals surface area (Å²) in [5, 5.41) is 10.9. The number of imide groups is 1. The van der Waals surface area contributed by atoms with Gasteiger partial charge in [-0.05, 0) is 17.7 Å². The van der Waals surface area contributed by atoms with Gasteiger partial charge in [0.05, 0.1) is 5.56 Å². The molecule has 88 valence electrons. The van der Waals surface area contributed by atoms with Gasteiger partial charge in [-0.1, -0.05) is 12.1 Å². The number of amides is 3. The van der Waals surface area contributed by atoms with Crippen LogP contribution >= 0.6 is 0 Å². The zero-order chi connectivity index (χ0) is 12.4. The molecule has 1 saturated heterocycles. The molecule has 0 atom stereocenters. The first kappa shape index (κ1) is 11.1. The van der Waals surface area contributed by atoms with Crippen molar-refractivity contribution in [2.75, 3.05) is 6.54 Å². The van der Waals surface area contributed by atoms with Crippen LogP contribution in [0, 0.1) is 0 Å². The lowest BCUT2D eigenvalue weighted by molar-refractivity contribution is -0.118. The van der Waals surface area contributed by atoms with Crippen molar-refractivity contribution < 1.29 is 19.5 Å². The maximum Gasteiger partial charge on any atom is 0.335 e. The van der Waals surface area contributed by atoms with E-state index in [9.17, 15) is 14.4 Å². The van der Waals surface area contributed by atoms with Crippen LogP contribution in [0.25, 0.3) is 0 Å². The Labute approximate surface area is 96.8 Å². The largest absolute Gasteiger partial charge is 0.478 e. The number of carbonyl (C=O) groups is 3. The van der Waals surface area contributed by atoms with E-state index in [1.54, 1.807) is 12.1 Å². The predicted molar refractivity (Wildman–Crippen MR) is 57.4 cm³/mol. The third-order valence-corrected chi connectivity index (χ3v) is 2.44. The summed E-state index contributed by atoms with van der Waals surface area (Å²) in [4.78, 5) is 34.2. The molecule has 0 spiro atoms. The molecule has 0 aromatic heterocycles. The summed E-state index contributed by atoms with van der Waals surface area (Å²) in [6.45, 7) is 0.330. The first-order valence-electron chi connectivity index (χ1n) is 4.97. The smallest absolute Gasteiger partial charge is 0.335 e. The first-order valence-corrected chi connectivity index (χ1v) is 4.97. The first-order chi connectivity index (χ1) is 8.06. The molecular weight excluding hydrogens is 224 g/mol. The van der Waals surface area contributed by atoms with Gasteiger partial charge in [-0.3, -0.25) is 10.1 Å². The fourth-order valence-corrected chi connectivity index (χ4v) is 1.58. The van der Waals surface area contributed by atoms with Crippen LogP contribution in [0.3, 0.4) is 0 Å². The number of carboxylic acid groups (broad SMARTS) is 1. The molecule has 2 rings (SSSR count). The van der Waals surface area contributed by atoms with Gasteiger partial charge in [0.1, 0.15) is 6.54 Å². The molecular formula is C11H10N2O4. The SMILES string of the molecule is O=C1CN(Cc2ccc(C(=O)O)cc2)C(=O)N1. The van der Waals surface area contributed by atoms with Crippen molar-refractivity contribution in [3.8, 4) is 0 Å². The summed E-state index contributed by atoms with van der Waals surface area (Å²) < 4.78 is 0. The Morgan fingerprint density at radius 1 is 1.29 bits per heavy atom. The molecule has 6 heteroatoms. The summed E-state index contributed by atoms with van der Waals surface area (Å²) in [7, 11) is 0. The van der Waals surface area contributed by atoms with E-state index in [2.05, 4.69) is 5.32 Å². The number of hydrogen-bond acceptors (Lipinski definition) is 3. The molecule has 1 aromatic rings. The van der Waals surface area contributed by atoms with Gasteiger partial charge >= 0.3 is 12.0 Å². The Bertz CT molecular complexity index is 481. The summed E-state index contributed by atoms with van der Waals surface area (Å²) in [5.74, 6) is -1.32.